The van der Waals surface area contributed by atoms with E-state index >= 15 is 0 Å². The zero-order valence-electron chi connectivity index (χ0n) is 11.3. The van der Waals surface area contributed by atoms with Crippen LogP contribution in [0.4, 0.5) is 8.78 Å². The van der Waals surface area contributed by atoms with Gasteiger partial charge < -0.3 is 14.8 Å². The standard InChI is InChI=1S/C15H14F2N2O2/c1-9(19-8-12-4-3-11(7-18)21-12)15(20)10-2-5-13(16)14(17)6-10/h2-6,9,15,19-20H,8H2,1H3. The van der Waals surface area contributed by atoms with Gasteiger partial charge in [-0.15, -0.1) is 0 Å². The second-order valence-corrected chi connectivity index (χ2v) is 4.67. The fraction of sp³-hybridized carbons (Fsp3) is 0.267. The van der Waals surface area contributed by atoms with Crippen LogP contribution >= 0.6 is 0 Å². The minimum Gasteiger partial charge on any atom is -0.449 e. The predicted octanol–water partition coefficient (Wildman–Crippen LogP) is 2.64. The highest BCUT2D eigenvalue weighted by Gasteiger charge is 2.18. The van der Waals surface area contributed by atoms with Gasteiger partial charge in [0.25, 0.3) is 0 Å². The van der Waals surface area contributed by atoms with Crippen molar-refractivity contribution in [3.05, 3.63) is 59.1 Å². The van der Waals surface area contributed by atoms with Gasteiger partial charge in [-0.05, 0) is 36.8 Å². The summed E-state index contributed by atoms with van der Waals surface area (Å²) in [6.07, 6.45) is -0.995. The molecule has 2 aromatic rings. The van der Waals surface area contributed by atoms with E-state index in [1.807, 2.05) is 6.07 Å². The molecule has 0 amide bonds. The molecule has 0 aliphatic heterocycles. The number of hydrogen-bond donors (Lipinski definition) is 2. The lowest BCUT2D eigenvalue weighted by molar-refractivity contribution is 0.133. The average molecular weight is 292 g/mol. The Morgan fingerprint density at radius 2 is 2.05 bits per heavy atom. The van der Waals surface area contributed by atoms with Gasteiger partial charge in [0, 0.05) is 6.04 Å². The van der Waals surface area contributed by atoms with E-state index in [0.717, 1.165) is 12.1 Å². The third-order valence-corrected chi connectivity index (χ3v) is 3.13. The quantitative estimate of drug-likeness (QED) is 0.889. The second kappa shape index (κ2) is 6.48. The summed E-state index contributed by atoms with van der Waals surface area (Å²) in [5.41, 5.74) is 0.283. The Morgan fingerprint density at radius 3 is 2.67 bits per heavy atom. The van der Waals surface area contributed by atoms with Crippen LogP contribution in [0.15, 0.2) is 34.7 Å². The number of nitrogens with one attached hydrogen (secondary N) is 1. The van der Waals surface area contributed by atoms with E-state index in [4.69, 9.17) is 9.68 Å². The van der Waals surface area contributed by atoms with E-state index in [2.05, 4.69) is 5.32 Å². The van der Waals surface area contributed by atoms with Crippen LogP contribution in [0.3, 0.4) is 0 Å². The highest BCUT2D eigenvalue weighted by molar-refractivity contribution is 5.21. The number of aliphatic hydroxyl groups excluding tert-OH is 1. The first-order valence-corrected chi connectivity index (χ1v) is 6.36. The first kappa shape index (κ1) is 15.2. The number of hydrogen-bond acceptors (Lipinski definition) is 4. The summed E-state index contributed by atoms with van der Waals surface area (Å²) in [5, 5.41) is 21.7. The molecule has 0 spiro atoms. The van der Waals surface area contributed by atoms with Gasteiger partial charge in [-0.1, -0.05) is 6.07 Å². The van der Waals surface area contributed by atoms with Crippen molar-refractivity contribution in [2.75, 3.05) is 0 Å². The van der Waals surface area contributed by atoms with E-state index in [1.54, 1.807) is 19.1 Å². The van der Waals surface area contributed by atoms with Crippen molar-refractivity contribution in [3.8, 4) is 6.07 Å². The molecule has 4 nitrogen and oxygen atoms in total. The number of furan rings is 1. The van der Waals surface area contributed by atoms with Gasteiger partial charge in [-0.25, -0.2) is 8.78 Å². The van der Waals surface area contributed by atoms with Crippen molar-refractivity contribution in [1.82, 2.24) is 5.32 Å². The summed E-state index contributed by atoms with van der Waals surface area (Å²) in [4.78, 5) is 0. The smallest absolute Gasteiger partial charge is 0.203 e. The summed E-state index contributed by atoms with van der Waals surface area (Å²) < 4.78 is 31.2. The number of rotatable bonds is 5. The normalized spacial score (nSPS) is 13.7. The van der Waals surface area contributed by atoms with Crippen molar-refractivity contribution < 1.29 is 18.3 Å². The average Bonchev–Trinajstić information content (AvgIpc) is 2.95. The fourth-order valence-electron chi connectivity index (χ4n) is 1.89. The molecule has 0 aliphatic rings. The number of benzene rings is 1. The number of nitrogens with zero attached hydrogens (tertiary/aromatic N) is 1. The Labute approximate surface area is 120 Å². The molecule has 0 saturated carbocycles. The Kier molecular flexibility index (Phi) is 4.68. The van der Waals surface area contributed by atoms with Crippen LogP contribution in [0, 0.1) is 23.0 Å². The van der Waals surface area contributed by atoms with Gasteiger partial charge >= 0.3 is 0 Å². The Morgan fingerprint density at radius 1 is 1.29 bits per heavy atom. The lowest BCUT2D eigenvalue weighted by Gasteiger charge is -2.20. The molecule has 1 aromatic heterocycles. The molecule has 0 aliphatic carbocycles. The molecule has 0 radical (unpaired) electrons. The van der Waals surface area contributed by atoms with Crippen LogP contribution < -0.4 is 5.32 Å². The number of aliphatic hydroxyl groups is 1. The maximum atomic E-state index is 13.1. The van der Waals surface area contributed by atoms with Gasteiger partial charge in [-0.2, -0.15) is 5.26 Å². The molecule has 0 bridgehead atoms. The Bertz CT molecular complexity index is 664. The molecular weight excluding hydrogens is 278 g/mol. The first-order valence-electron chi connectivity index (χ1n) is 6.36. The van der Waals surface area contributed by atoms with Crippen LogP contribution in [0.5, 0.6) is 0 Å². The molecule has 6 heteroatoms. The van der Waals surface area contributed by atoms with Gasteiger partial charge in [0.05, 0.1) is 12.6 Å². The molecule has 1 heterocycles. The third kappa shape index (κ3) is 3.66. The molecular formula is C15H14F2N2O2. The molecule has 2 rings (SSSR count). The SMILES string of the molecule is CC(NCc1ccc(C#N)o1)C(O)c1ccc(F)c(F)c1. The van der Waals surface area contributed by atoms with Gasteiger partial charge in [0.1, 0.15) is 11.8 Å². The van der Waals surface area contributed by atoms with E-state index in [0.29, 0.717) is 12.3 Å². The zero-order valence-corrected chi connectivity index (χ0v) is 11.3. The fourth-order valence-corrected chi connectivity index (χ4v) is 1.89. The largest absolute Gasteiger partial charge is 0.449 e. The molecule has 110 valence electrons. The Hall–Kier alpha value is -2.23. The highest BCUT2D eigenvalue weighted by Crippen LogP contribution is 2.19. The third-order valence-electron chi connectivity index (χ3n) is 3.13. The molecule has 0 saturated heterocycles. The van der Waals surface area contributed by atoms with E-state index in [9.17, 15) is 13.9 Å². The second-order valence-electron chi connectivity index (χ2n) is 4.67. The lowest BCUT2D eigenvalue weighted by atomic mass is 10.0. The molecule has 2 atom stereocenters. The topological polar surface area (TPSA) is 69.2 Å². The summed E-state index contributed by atoms with van der Waals surface area (Å²) in [7, 11) is 0. The van der Waals surface area contributed by atoms with Gasteiger partial charge in [0.2, 0.25) is 5.76 Å². The van der Waals surface area contributed by atoms with Crippen LogP contribution in [0.2, 0.25) is 0 Å². The summed E-state index contributed by atoms with van der Waals surface area (Å²) in [6.45, 7) is 2.02. The maximum absolute atomic E-state index is 13.1. The van der Waals surface area contributed by atoms with Crippen LogP contribution in [-0.2, 0) is 6.54 Å². The van der Waals surface area contributed by atoms with Crippen molar-refractivity contribution >= 4 is 0 Å². The van der Waals surface area contributed by atoms with E-state index < -0.39 is 23.8 Å². The van der Waals surface area contributed by atoms with E-state index in [1.165, 1.54) is 6.07 Å². The monoisotopic (exact) mass is 292 g/mol. The maximum Gasteiger partial charge on any atom is 0.203 e. The summed E-state index contributed by atoms with van der Waals surface area (Å²) >= 11 is 0. The van der Waals surface area contributed by atoms with Crippen LogP contribution in [0.1, 0.15) is 30.1 Å². The van der Waals surface area contributed by atoms with Crippen molar-refractivity contribution in [2.45, 2.75) is 25.6 Å². The zero-order chi connectivity index (χ0) is 15.4. The molecule has 2 unspecified atom stereocenters. The van der Waals surface area contributed by atoms with Crippen molar-refractivity contribution in [3.63, 3.8) is 0 Å². The molecule has 2 N–H and O–H groups in total. The van der Waals surface area contributed by atoms with Crippen LogP contribution in [-0.4, -0.2) is 11.1 Å². The lowest BCUT2D eigenvalue weighted by Crippen LogP contribution is -2.31. The summed E-state index contributed by atoms with van der Waals surface area (Å²) in [6, 6.07) is 7.95. The first-order chi connectivity index (χ1) is 10.0. The molecule has 21 heavy (non-hydrogen) atoms. The predicted molar refractivity (Wildman–Crippen MR) is 71.0 cm³/mol. The molecule has 1 aromatic carbocycles. The Balaban J connectivity index is 1.97. The van der Waals surface area contributed by atoms with Gasteiger partial charge in [0.15, 0.2) is 11.6 Å². The minimum atomic E-state index is -0.997. The number of halogens is 2. The van der Waals surface area contributed by atoms with E-state index in [-0.39, 0.29) is 11.3 Å². The van der Waals surface area contributed by atoms with Crippen molar-refractivity contribution in [1.29, 1.82) is 5.26 Å². The summed E-state index contributed by atoms with van der Waals surface area (Å²) in [5.74, 6) is -1.19. The van der Waals surface area contributed by atoms with Gasteiger partial charge in [-0.3, -0.25) is 0 Å². The van der Waals surface area contributed by atoms with Crippen LogP contribution in [0.25, 0.3) is 0 Å². The minimum absolute atomic E-state index is 0.209. The van der Waals surface area contributed by atoms with Crippen molar-refractivity contribution in [2.24, 2.45) is 0 Å². The molecule has 0 fully saturated rings. The highest BCUT2D eigenvalue weighted by atomic mass is 19.2. The number of nitriles is 1.